The summed E-state index contributed by atoms with van der Waals surface area (Å²) in [6, 6.07) is 17.1. The Labute approximate surface area is 225 Å². The highest BCUT2D eigenvalue weighted by Gasteiger charge is 2.51. The molecule has 4 aliphatic carbocycles. The van der Waals surface area contributed by atoms with E-state index >= 15 is 0 Å². The Kier molecular flexibility index (Phi) is 5.30. The molecule has 0 spiro atoms. The molecule has 4 fully saturated rings. The number of nitrogens with zero attached hydrogens (tertiary/aromatic N) is 4. The van der Waals surface area contributed by atoms with Crippen LogP contribution in [0.2, 0.25) is 0 Å². The van der Waals surface area contributed by atoms with Crippen molar-refractivity contribution in [1.29, 1.82) is 0 Å². The van der Waals surface area contributed by atoms with E-state index in [0.29, 0.717) is 11.0 Å². The van der Waals surface area contributed by atoms with Crippen molar-refractivity contribution < 1.29 is 4.79 Å². The topological polar surface area (TPSA) is 50.5 Å². The summed E-state index contributed by atoms with van der Waals surface area (Å²) in [6.07, 6.45) is 10.4. The molecular formula is C33H36N4O. The SMILES string of the molecule is CC1=NN(c2ccc(C34CC5CC(CC(C5)C3)C4)cc2)C(=O)/C1=C/c1c(C)nn(-c2ccc(C)cc2)c1C. The molecule has 5 nitrogen and oxygen atoms in total. The van der Waals surface area contributed by atoms with Crippen molar-refractivity contribution in [3.8, 4) is 5.69 Å². The highest BCUT2D eigenvalue weighted by molar-refractivity contribution is 6.32. The van der Waals surface area contributed by atoms with Gasteiger partial charge in [-0.05, 0) is 125 Å². The van der Waals surface area contributed by atoms with E-state index in [1.165, 1.54) is 49.7 Å². The van der Waals surface area contributed by atoms with Crippen LogP contribution in [-0.4, -0.2) is 21.4 Å². The van der Waals surface area contributed by atoms with Crippen LogP contribution in [0.4, 0.5) is 5.69 Å². The first-order chi connectivity index (χ1) is 18.3. The molecule has 5 aliphatic rings. The molecule has 1 aromatic heterocycles. The Bertz CT molecular complexity index is 1450. The zero-order valence-corrected chi connectivity index (χ0v) is 22.9. The average Bonchev–Trinajstić information content (AvgIpc) is 3.33. The van der Waals surface area contributed by atoms with Gasteiger partial charge in [-0.2, -0.15) is 15.2 Å². The van der Waals surface area contributed by atoms with Crippen molar-refractivity contribution in [3.63, 3.8) is 0 Å². The van der Waals surface area contributed by atoms with Crippen LogP contribution in [0.25, 0.3) is 11.8 Å². The molecule has 0 atom stereocenters. The summed E-state index contributed by atoms with van der Waals surface area (Å²) < 4.78 is 1.95. The highest BCUT2D eigenvalue weighted by atomic mass is 16.2. The number of amides is 1. The second-order valence-corrected chi connectivity index (χ2v) is 12.4. The van der Waals surface area contributed by atoms with Gasteiger partial charge in [0.1, 0.15) is 0 Å². The molecule has 0 saturated heterocycles. The number of hydrazone groups is 1. The number of benzene rings is 2. The smallest absolute Gasteiger partial charge is 0.267 e. The standard InChI is InChI=1S/C33H36N4O/c1-20-5-9-28(10-6-20)36-23(4)30(21(2)34-36)16-31-22(3)35-37(32(31)38)29-11-7-27(8-12-29)33-17-24-13-25(18-33)15-26(14-24)19-33/h5-12,16,24-26H,13-15,17-19H2,1-4H3/b31-16+. The lowest BCUT2D eigenvalue weighted by atomic mass is 9.48. The van der Waals surface area contributed by atoms with Crippen LogP contribution < -0.4 is 5.01 Å². The minimum Gasteiger partial charge on any atom is -0.267 e. The molecule has 2 heterocycles. The maximum Gasteiger partial charge on any atom is 0.280 e. The fourth-order valence-corrected chi connectivity index (χ4v) is 8.23. The summed E-state index contributed by atoms with van der Waals surface area (Å²) in [6.45, 7) is 8.05. The second kappa shape index (κ2) is 8.52. The lowest BCUT2D eigenvalue weighted by molar-refractivity contribution is -0.114. The number of hydrogen-bond donors (Lipinski definition) is 0. The number of carbonyl (C=O) groups is 1. The molecule has 5 heteroatoms. The first-order valence-corrected chi connectivity index (χ1v) is 14.2. The van der Waals surface area contributed by atoms with Gasteiger partial charge in [0.05, 0.1) is 28.4 Å². The maximum absolute atomic E-state index is 13.6. The molecule has 194 valence electrons. The van der Waals surface area contributed by atoms with Crippen molar-refractivity contribution in [2.75, 3.05) is 5.01 Å². The summed E-state index contributed by atoms with van der Waals surface area (Å²) in [5, 5.41) is 11.0. The van der Waals surface area contributed by atoms with Crippen LogP contribution in [0.3, 0.4) is 0 Å². The third-order valence-electron chi connectivity index (χ3n) is 9.74. The van der Waals surface area contributed by atoms with Gasteiger partial charge in [0, 0.05) is 11.3 Å². The molecule has 8 rings (SSSR count). The van der Waals surface area contributed by atoms with E-state index in [2.05, 4.69) is 67.5 Å². The number of rotatable bonds is 4. The fraction of sp³-hybridized carbons (Fsp3) is 0.424. The van der Waals surface area contributed by atoms with E-state index < -0.39 is 0 Å². The molecule has 1 amide bonds. The van der Waals surface area contributed by atoms with Crippen molar-refractivity contribution in [2.24, 2.45) is 22.9 Å². The van der Waals surface area contributed by atoms with Gasteiger partial charge < -0.3 is 0 Å². The van der Waals surface area contributed by atoms with E-state index in [9.17, 15) is 4.79 Å². The molecule has 4 saturated carbocycles. The fourth-order valence-electron chi connectivity index (χ4n) is 8.23. The van der Waals surface area contributed by atoms with E-state index in [0.717, 1.165) is 51.8 Å². The molecule has 0 radical (unpaired) electrons. The zero-order valence-electron chi connectivity index (χ0n) is 22.9. The second-order valence-electron chi connectivity index (χ2n) is 12.4. The van der Waals surface area contributed by atoms with Crippen molar-refractivity contribution in [2.45, 2.75) is 71.6 Å². The summed E-state index contributed by atoms with van der Waals surface area (Å²) in [5.74, 6) is 2.68. The van der Waals surface area contributed by atoms with E-state index in [1.807, 2.05) is 24.6 Å². The maximum atomic E-state index is 13.6. The predicted molar refractivity (Wildman–Crippen MR) is 153 cm³/mol. The molecule has 2 aromatic carbocycles. The van der Waals surface area contributed by atoms with Gasteiger partial charge in [-0.15, -0.1) is 0 Å². The third kappa shape index (κ3) is 3.70. The Morgan fingerprint density at radius 3 is 2.00 bits per heavy atom. The molecule has 0 N–H and O–H groups in total. The Morgan fingerprint density at radius 2 is 1.39 bits per heavy atom. The summed E-state index contributed by atoms with van der Waals surface area (Å²) >= 11 is 0. The van der Waals surface area contributed by atoms with Crippen LogP contribution in [-0.2, 0) is 10.2 Å². The van der Waals surface area contributed by atoms with Gasteiger partial charge in [-0.25, -0.2) is 4.68 Å². The number of anilines is 1. The van der Waals surface area contributed by atoms with Gasteiger partial charge in [0.25, 0.3) is 5.91 Å². The molecule has 3 aromatic rings. The Morgan fingerprint density at radius 1 is 0.816 bits per heavy atom. The minimum atomic E-state index is -0.0769. The predicted octanol–water partition coefficient (Wildman–Crippen LogP) is 7.07. The molecule has 4 bridgehead atoms. The van der Waals surface area contributed by atoms with Gasteiger partial charge in [0.15, 0.2) is 0 Å². The van der Waals surface area contributed by atoms with Crippen LogP contribution in [0.1, 0.15) is 73.5 Å². The largest absolute Gasteiger partial charge is 0.280 e. The molecule has 1 aliphatic heterocycles. The van der Waals surface area contributed by atoms with Crippen LogP contribution in [0, 0.1) is 38.5 Å². The monoisotopic (exact) mass is 504 g/mol. The number of aryl methyl sites for hydroxylation is 2. The van der Waals surface area contributed by atoms with Crippen molar-refractivity contribution >= 4 is 23.4 Å². The highest BCUT2D eigenvalue weighted by Crippen LogP contribution is 2.60. The Balaban J connectivity index is 1.15. The lowest BCUT2D eigenvalue weighted by Gasteiger charge is -2.57. The summed E-state index contributed by atoms with van der Waals surface area (Å²) in [4.78, 5) is 13.6. The van der Waals surface area contributed by atoms with Crippen LogP contribution in [0.5, 0.6) is 0 Å². The molecule has 0 unspecified atom stereocenters. The number of hydrogen-bond acceptors (Lipinski definition) is 3. The Hall–Kier alpha value is -3.47. The molecular weight excluding hydrogens is 468 g/mol. The van der Waals surface area contributed by atoms with Crippen LogP contribution in [0.15, 0.2) is 59.2 Å². The van der Waals surface area contributed by atoms with E-state index in [-0.39, 0.29) is 5.91 Å². The van der Waals surface area contributed by atoms with Crippen molar-refractivity contribution in [1.82, 2.24) is 9.78 Å². The molecule has 38 heavy (non-hydrogen) atoms. The van der Waals surface area contributed by atoms with Gasteiger partial charge in [-0.3, -0.25) is 4.79 Å². The average molecular weight is 505 g/mol. The van der Waals surface area contributed by atoms with Crippen molar-refractivity contribution in [3.05, 3.63) is 82.2 Å². The first kappa shape index (κ1) is 23.6. The zero-order chi connectivity index (χ0) is 26.2. The number of carbonyl (C=O) groups excluding carboxylic acids is 1. The van der Waals surface area contributed by atoms with E-state index in [4.69, 9.17) is 5.10 Å². The van der Waals surface area contributed by atoms with E-state index in [1.54, 1.807) is 5.01 Å². The van der Waals surface area contributed by atoms with Gasteiger partial charge in [-0.1, -0.05) is 29.8 Å². The number of aromatic nitrogens is 2. The normalized spacial score (nSPS) is 29.0. The first-order valence-electron chi connectivity index (χ1n) is 14.2. The minimum absolute atomic E-state index is 0.0769. The van der Waals surface area contributed by atoms with Gasteiger partial charge >= 0.3 is 0 Å². The lowest BCUT2D eigenvalue weighted by Crippen LogP contribution is -2.48. The summed E-state index contributed by atoms with van der Waals surface area (Å²) in [5.41, 5.74) is 9.16. The van der Waals surface area contributed by atoms with Crippen LogP contribution >= 0.6 is 0 Å². The summed E-state index contributed by atoms with van der Waals surface area (Å²) in [7, 11) is 0. The third-order valence-corrected chi connectivity index (χ3v) is 9.74. The van der Waals surface area contributed by atoms with Gasteiger partial charge in [0.2, 0.25) is 0 Å². The quantitative estimate of drug-likeness (QED) is 0.357.